The molecule has 1 atom stereocenters. The Hall–Kier alpha value is -3.82. The smallest absolute Gasteiger partial charge is 0.274 e. The third-order valence-electron chi connectivity index (χ3n) is 5.34. The van der Waals surface area contributed by atoms with E-state index in [2.05, 4.69) is 25.5 Å². The summed E-state index contributed by atoms with van der Waals surface area (Å²) in [5.74, 6) is 0.185. The minimum Gasteiger partial charge on any atom is -0.336 e. The van der Waals surface area contributed by atoms with E-state index < -0.39 is 6.17 Å². The highest BCUT2D eigenvalue weighted by molar-refractivity contribution is 6.07. The van der Waals surface area contributed by atoms with Gasteiger partial charge in [-0.1, -0.05) is 0 Å². The van der Waals surface area contributed by atoms with Crippen LogP contribution in [0.5, 0.6) is 0 Å². The predicted octanol–water partition coefficient (Wildman–Crippen LogP) is 2.63. The van der Waals surface area contributed by atoms with Crippen LogP contribution in [0.1, 0.15) is 22.5 Å². The van der Waals surface area contributed by atoms with E-state index in [4.69, 9.17) is 0 Å². The van der Waals surface area contributed by atoms with Gasteiger partial charge in [0.1, 0.15) is 11.9 Å². The number of halogens is 1. The summed E-state index contributed by atoms with van der Waals surface area (Å²) in [5, 5.41) is 11.6. The molecule has 1 amide bonds. The van der Waals surface area contributed by atoms with E-state index in [1.165, 1.54) is 4.68 Å². The lowest BCUT2D eigenvalue weighted by molar-refractivity contribution is 0.101. The van der Waals surface area contributed by atoms with Crippen LogP contribution in [-0.4, -0.2) is 54.5 Å². The zero-order valence-electron chi connectivity index (χ0n) is 17.2. The number of rotatable bonds is 4. The Balaban J connectivity index is 1.41. The van der Waals surface area contributed by atoms with Gasteiger partial charge in [0.25, 0.3) is 5.91 Å². The number of aryl methyl sites for hydroxylation is 2. The summed E-state index contributed by atoms with van der Waals surface area (Å²) in [7, 11) is 1.72. The van der Waals surface area contributed by atoms with E-state index in [1.807, 2.05) is 24.0 Å². The number of anilines is 2. The normalized spacial score (nSPS) is 16.2. The maximum atomic E-state index is 13.5. The lowest BCUT2D eigenvalue weighted by atomic mass is 10.1. The van der Waals surface area contributed by atoms with Gasteiger partial charge in [0, 0.05) is 37.7 Å². The summed E-state index contributed by atoms with van der Waals surface area (Å²) >= 11 is 0. The van der Waals surface area contributed by atoms with Crippen molar-refractivity contribution in [1.29, 1.82) is 0 Å². The lowest BCUT2D eigenvalue weighted by Crippen LogP contribution is -2.21. The summed E-state index contributed by atoms with van der Waals surface area (Å²) in [4.78, 5) is 23.8. The van der Waals surface area contributed by atoms with Crippen molar-refractivity contribution < 1.29 is 9.18 Å². The molecule has 158 valence electrons. The van der Waals surface area contributed by atoms with E-state index in [-0.39, 0.29) is 5.91 Å². The number of carbonyl (C=O) groups excluding carboxylic acids is 1. The van der Waals surface area contributed by atoms with Crippen LogP contribution < -0.4 is 10.2 Å². The molecule has 31 heavy (non-hydrogen) atoms. The molecule has 0 spiro atoms. The molecule has 10 heteroatoms. The Bertz CT molecular complexity index is 1280. The van der Waals surface area contributed by atoms with Gasteiger partial charge in [0.05, 0.1) is 24.0 Å². The molecule has 4 aromatic heterocycles. The average molecular weight is 420 g/mol. The van der Waals surface area contributed by atoms with Crippen molar-refractivity contribution in [3.05, 3.63) is 54.1 Å². The number of nitrogens with one attached hydrogen (secondary N) is 1. The van der Waals surface area contributed by atoms with Gasteiger partial charge in [-0.05, 0) is 37.1 Å². The van der Waals surface area contributed by atoms with Crippen molar-refractivity contribution in [3.63, 3.8) is 0 Å². The Morgan fingerprint density at radius 3 is 2.94 bits per heavy atom. The molecule has 9 nitrogen and oxygen atoms in total. The Morgan fingerprint density at radius 1 is 1.29 bits per heavy atom. The topological polar surface area (TPSA) is 93.2 Å². The molecule has 1 aliphatic heterocycles. The van der Waals surface area contributed by atoms with Gasteiger partial charge in [0.15, 0.2) is 5.65 Å². The first-order chi connectivity index (χ1) is 15.0. The molecule has 0 aliphatic carbocycles. The van der Waals surface area contributed by atoms with Crippen LogP contribution in [0.15, 0.2) is 42.9 Å². The van der Waals surface area contributed by atoms with Gasteiger partial charge in [-0.25, -0.2) is 8.91 Å². The van der Waals surface area contributed by atoms with Crippen LogP contribution in [0.25, 0.3) is 16.9 Å². The molecule has 5 rings (SSSR count). The van der Waals surface area contributed by atoms with Gasteiger partial charge in [-0.2, -0.15) is 10.1 Å². The van der Waals surface area contributed by atoms with E-state index >= 15 is 0 Å². The number of aromatic nitrogens is 6. The first-order valence-corrected chi connectivity index (χ1v) is 10.00. The summed E-state index contributed by atoms with van der Waals surface area (Å²) in [6, 6.07) is 7.29. The highest BCUT2D eigenvalue weighted by Crippen LogP contribution is 2.24. The van der Waals surface area contributed by atoms with Crippen molar-refractivity contribution in [2.24, 2.45) is 7.05 Å². The van der Waals surface area contributed by atoms with Crippen molar-refractivity contribution in [2.75, 3.05) is 23.3 Å². The average Bonchev–Trinajstić information content (AvgIpc) is 3.45. The molecule has 4 aromatic rings. The standard InChI is InChI=1S/C21H21FN8O/c1-13-3-6-23-17(9-13)16-11-24-28(2)19(16)20(31)25-15-5-8-30-18(10-15)26-21(27-30)29-7-4-14(22)12-29/h3,5-6,8-11,14H,4,7,12H2,1-2H3,(H,25,31). The second-order valence-electron chi connectivity index (χ2n) is 7.66. The van der Waals surface area contributed by atoms with Gasteiger partial charge >= 0.3 is 0 Å². The third kappa shape index (κ3) is 3.60. The number of hydrogen-bond donors (Lipinski definition) is 1. The van der Waals surface area contributed by atoms with Gasteiger partial charge in [-0.15, -0.1) is 5.10 Å². The second kappa shape index (κ2) is 7.46. The van der Waals surface area contributed by atoms with E-state index in [9.17, 15) is 9.18 Å². The lowest BCUT2D eigenvalue weighted by Gasteiger charge is -2.10. The first-order valence-electron chi connectivity index (χ1n) is 10.00. The summed E-state index contributed by atoms with van der Waals surface area (Å²) in [6.45, 7) is 2.87. The number of carbonyl (C=O) groups is 1. The molecule has 1 N–H and O–H groups in total. The fraction of sp³-hybridized carbons (Fsp3) is 0.286. The van der Waals surface area contributed by atoms with Crippen LogP contribution in [0, 0.1) is 6.92 Å². The van der Waals surface area contributed by atoms with Crippen LogP contribution in [0.3, 0.4) is 0 Å². The fourth-order valence-corrected chi connectivity index (χ4v) is 3.75. The summed E-state index contributed by atoms with van der Waals surface area (Å²) < 4.78 is 16.6. The second-order valence-corrected chi connectivity index (χ2v) is 7.66. The van der Waals surface area contributed by atoms with E-state index in [1.54, 1.807) is 42.3 Å². The third-order valence-corrected chi connectivity index (χ3v) is 5.34. The molecule has 1 fully saturated rings. The Kier molecular flexibility index (Phi) is 4.61. The Morgan fingerprint density at radius 2 is 2.16 bits per heavy atom. The first kappa shape index (κ1) is 19.2. The van der Waals surface area contributed by atoms with E-state index in [0.717, 1.165) is 5.56 Å². The van der Waals surface area contributed by atoms with Gasteiger partial charge in [0.2, 0.25) is 5.95 Å². The van der Waals surface area contributed by atoms with Crippen LogP contribution in [-0.2, 0) is 7.05 Å². The molecular formula is C21H21FN8O. The SMILES string of the molecule is Cc1ccnc(-c2cnn(C)c2C(=O)Nc2ccn3nc(N4CCC(F)C4)nc3c2)c1. The molecule has 0 saturated carbocycles. The quantitative estimate of drug-likeness (QED) is 0.546. The maximum Gasteiger partial charge on any atom is 0.274 e. The zero-order valence-corrected chi connectivity index (χ0v) is 17.2. The van der Waals surface area contributed by atoms with Crippen LogP contribution in [0.4, 0.5) is 16.0 Å². The van der Waals surface area contributed by atoms with Crippen LogP contribution in [0.2, 0.25) is 0 Å². The largest absolute Gasteiger partial charge is 0.336 e. The van der Waals surface area contributed by atoms with Crippen molar-refractivity contribution in [3.8, 4) is 11.3 Å². The Labute approximate surface area is 177 Å². The molecule has 0 radical (unpaired) electrons. The van der Waals surface area contributed by atoms with E-state index in [0.29, 0.717) is 53.7 Å². The number of hydrogen-bond acceptors (Lipinski definition) is 6. The molecule has 5 heterocycles. The number of pyridine rings is 2. The molecule has 1 unspecified atom stereocenters. The summed E-state index contributed by atoms with van der Waals surface area (Å²) in [5.41, 5.74) is 3.94. The molecule has 0 aromatic carbocycles. The highest BCUT2D eigenvalue weighted by atomic mass is 19.1. The van der Waals surface area contributed by atoms with Crippen molar-refractivity contribution >= 4 is 23.2 Å². The molecule has 1 aliphatic rings. The minimum absolute atomic E-state index is 0.302. The van der Waals surface area contributed by atoms with Gasteiger partial charge in [-0.3, -0.25) is 14.5 Å². The van der Waals surface area contributed by atoms with Gasteiger partial charge < -0.3 is 10.2 Å². The van der Waals surface area contributed by atoms with Crippen LogP contribution >= 0.6 is 0 Å². The number of alkyl halides is 1. The molecule has 1 saturated heterocycles. The number of fused-ring (bicyclic) bond motifs is 1. The minimum atomic E-state index is -0.850. The summed E-state index contributed by atoms with van der Waals surface area (Å²) in [6.07, 6.45) is 4.70. The number of amides is 1. The zero-order chi connectivity index (χ0) is 21.5. The van der Waals surface area contributed by atoms with Crippen molar-refractivity contribution in [2.45, 2.75) is 19.5 Å². The monoisotopic (exact) mass is 420 g/mol. The van der Waals surface area contributed by atoms with Crippen molar-refractivity contribution in [1.82, 2.24) is 29.4 Å². The highest BCUT2D eigenvalue weighted by Gasteiger charge is 2.25. The number of nitrogens with zero attached hydrogens (tertiary/aromatic N) is 7. The predicted molar refractivity (Wildman–Crippen MR) is 114 cm³/mol. The maximum absolute atomic E-state index is 13.5. The molecule has 0 bridgehead atoms. The molecular weight excluding hydrogens is 399 g/mol. The fourth-order valence-electron chi connectivity index (χ4n) is 3.75.